The molecule has 0 amide bonds. The smallest absolute Gasteiger partial charge is 0.193 e. The molecule has 2 aliphatic heterocycles. The van der Waals surface area contributed by atoms with Gasteiger partial charge in [0.25, 0.3) is 0 Å². The minimum Gasteiger partial charge on any atom is -0.397 e. The van der Waals surface area contributed by atoms with E-state index in [0.29, 0.717) is 17.4 Å². The molecule has 0 saturated carbocycles. The van der Waals surface area contributed by atoms with Gasteiger partial charge < -0.3 is 5.73 Å². The van der Waals surface area contributed by atoms with Crippen LogP contribution in [0.5, 0.6) is 0 Å². The van der Waals surface area contributed by atoms with Crippen LogP contribution in [0.2, 0.25) is 0 Å². The Bertz CT molecular complexity index is 429. The fraction of sp³-hybridized carbons (Fsp3) is 0.636. The van der Waals surface area contributed by atoms with Crippen molar-refractivity contribution >= 4 is 23.1 Å². The van der Waals surface area contributed by atoms with Crippen molar-refractivity contribution in [1.82, 2.24) is 16.1 Å². The number of alkyl halides is 1. The lowest BCUT2D eigenvalue weighted by molar-refractivity contribution is 0.146. The van der Waals surface area contributed by atoms with Gasteiger partial charge in [0.05, 0.1) is 11.2 Å². The molecule has 6 nitrogen and oxygen atoms in total. The van der Waals surface area contributed by atoms with E-state index in [1.54, 1.807) is 0 Å². The molecule has 0 aromatic rings. The summed E-state index contributed by atoms with van der Waals surface area (Å²) < 4.78 is 0. The number of amidine groups is 1. The van der Waals surface area contributed by atoms with E-state index in [1.807, 2.05) is 11.9 Å². The second kappa shape index (κ2) is 4.78. The number of rotatable bonds is 4. The Morgan fingerprint density at radius 2 is 2.22 bits per heavy atom. The number of unbranched alkanes of at least 4 members (excludes halogenated alkanes) is 1. The van der Waals surface area contributed by atoms with Crippen LogP contribution in [-0.4, -0.2) is 28.0 Å². The first kappa shape index (κ1) is 13.2. The van der Waals surface area contributed by atoms with Gasteiger partial charge >= 0.3 is 0 Å². The second-order valence-corrected chi connectivity index (χ2v) is 5.21. The van der Waals surface area contributed by atoms with Gasteiger partial charge in [-0.15, -0.1) is 22.2 Å². The zero-order valence-electron chi connectivity index (χ0n) is 10.7. The highest BCUT2D eigenvalue weighted by atomic mass is 35.5. The van der Waals surface area contributed by atoms with Gasteiger partial charge in [-0.05, 0) is 38.7 Å². The van der Waals surface area contributed by atoms with Crippen molar-refractivity contribution in [2.75, 3.05) is 5.88 Å². The minimum absolute atomic E-state index is 0.264. The molecule has 0 aliphatic carbocycles. The van der Waals surface area contributed by atoms with Gasteiger partial charge in [0.1, 0.15) is 5.71 Å². The molecule has 2 rings (SSSR count). The van der Waals surface area contributed by atoms with Crippen LogP contribution in [0.1, 0.15) is 33.1 Å². The van der Waals surface area contributed by atoms with Crippen molar-refractivity contribution in [1.29, 1.82) is 5.41 Å². The standard InChI is InChI=1S/C11H19ClN6/c1-7-8(13)9(14)10-15-16-17-18(10)11(7,2)5-3-4-6-12/h14,16-17H,3-6,13H2,1-2H3. The predicted octanol–water partition coefficient (Wildman–Crippen LogP) is 1.06. The molecule has 0 fully saturated rings. The van der Waals surface area contributed by atoms with Crippen molar-refractivity contribution in [3.8, 4) is 0 Å². The number of halogens is 1. The normalized spacial score (nSPS) is 27.2. The SMILES string of the molecule is CC1=C(N)C(=N)C2=NNNN2C1(C)CCCCCl. The van der Waals surface area contributed by atoms with Crippen LogP contribution in [0.25, 0.3) is 0 Å². The summed E-state index contributed by atoms with van der Waals surface area (Å²) in [6.07, 6.45) is 2.88. The summed E-state index contributed by atoms with van der Waals surface area (Å²) in [7, 11) is 0. The first-order valence-corrected chi connectivity index (χ1v) is 6.56. The molecule has 18 heavy (non-hydrogen) atoms. The Hall–Kier alpha value is -1.27. The summed E-state index contributed by atoms with van der Waals surface area (Å²) in [5.41, 5.74) is 13.2. The molecular formula is C11H19ClN6. The number of hydrazone groups is 1. The van der Waals surface area contributed by atoms with Crippen LogP contribution < -0.4 is 16.8 Å². The van der Waals surface area contributed by atoms with E-state index in [-0.39, 0.29) is 11.3 Å². The summed E-state index contributed by atoms with van der Waals surface area (Å²) >= 11 is 5.73. The molecule has 2 heterocycles. The van der Waals surface area contributed by atoms with Crippen molar-refractivity contribution in [2.45, 2.75) is 38.6 Å². The maximum atomic E-state index is 7.99. The summed E-state index contributed by atoms with van der Waals surface area (Å²) in [4.78, 5) is 0. The van der Waals surface area contributed by atoms with E-state index in [0.717, 1.165) is 24.8 Å². The van der Waals surface area contributed by atoms with Gasteiger partial charge in [0, 0.05) is 5.88 Å². The molecular weight excluding hydrogens is 252 g/mol. The van der Waals surface area contributed by atoms with Crippen LogP contribution in [-0.2, 0) is 0 Å². The number of nitrogens with two attached hydrogens (primary N) is 1. The Kier molecular flexibility index (Phi) is 3.49. The van der Waals surface area contributed by atoms with E-state index < -0.39 is 0 Å². The molecule has 0 saturated heterocycles. The van der Waals surface area contributed by atoms with Crippen molar-refractivity contribution in [3.05, 3.63) is 11.3 Å². The molecule has 0 radical (unpaired) electrons. The zero-order valence-corrected chi connectivity index (χ0v) is 11.4. The molecule has 2 aliphatic rings. The van der Waals surface area contributed by atoms with E-state index in [9.17, 15) is 0 Å². The van der Waals surface area contributed by atoms with Gasteiger partial charge in [-0.3, -0.25) is 10.4 Å². The van der Waals surface area contributed by atoms with Crippen LogP contribution >= 0.6 is 11.6 Å². The monoisotopic (exact) mass is 270 g/mol. The maximum Gasteiger partial charge on any atom is 0.193 e. The molecule has 0 aromatic carbocycles. The third kappa shape index (κ3) is 1.85. The molecule has 0 bridgehead atoms. The average molecular weight is 271 g/mol. The zero-order chi connectivity index (χ0) is 13.3. The lowest BCUT2D eigenvalue weighted by Crippen LogP contribution is -2.61. The Morgan fingerprint density at radius 1 is 1.50 bits per heavy atom. The van der Waals surface area contributed by atoms with Crippen LogP contribution in [0.4, 0.5) is 0 Å². The lowest BCUT2D eigenvalue weighted by Gasteiger charge is -2.44. The molecule has 5 N–H and O–H groups in total. The molecule has 1 atom stereocenters. The third-order valence-corrected chi connectivity index (χ3v) is 4.05. The minimum atomic E-state index is -0.275. The Labute approximate surface area is 112 Å². The van der Waals surface area contributed by atoms with Crippen molar-refractivity contribution in [2.24, 2.45) is 10.8 Å². The average Bonchev–Trinajstić information content (AvgIpc) is 2.84. The molecule has 100 valence electrons. The largest absolute Gasteiger partial charge is 0.397 e. The van der Waals surface area contributed by atoms with E-state index >= 15 is 0 Å². The van der Waals surface area contributed by atoms with Gasteiger partial charge in [-0.2, -0.15) is 0 Å². The summed E-state index contributed by atoms with van der Waals surface area (Å²) in [5, 5.41) is 13.9. The first-order chi connectivity index (χ1) is 8.52. The highest BCUT2D eigenvalue weighted by Crippen LogP contribution is 2.35. The topological polar surface area (TPSA) is 89.5 Å². The fourth-order valence-electron chi connectivity index (χ4n) is 2.38. The maximum absolute atomic E-state index is 7.99. The molecule has 1 unspecified atom stereocenters. The third-order valence-electron chi connectivity index (χ3n) is 3.78. The highest BCUT2D eigenvalue weighted by molar-refractivity contribution is 6.47. The number of nitrogens with one attached hydrogen (secondary N) is 3. The molecule has 0 spiro atoms. The summed E-state index contributed by atoms with van der Waals surface area (Å²) in [6.45, 7) is 4.08. The summed E-state index contributed by atoms with van der Waals surface area (Å²) in [6, 6.07) is 0. The first-order valence-electron chi connectivity index (χ1n) is 6.03. The van der Waals surface area contributed by atoms with Crippen molar-refractivity contribution in [3.63, 3.8) is 0 Å². The Balaban J connectivity index is 2.32. The van der Waals surface area contributed by atoms with Gasteiger partial charge in [-0.25, -0.2) is 5.53 Å². The highest BCUT2D eigenvalue weighted by Gasteiger charge is 2.45. The van der Waals surface area contributed by atoms with Gasteiger partial charge in [0.15, 0.2) is 5.84 Å². The van der Waals surface area contributed by atoms with Crippen LogP contribution in [0.3, 0.4) is 0 Å². The summed E-state index contributed by atoms with van der Waals surface area (Å²) in [5.74, 6) is 1.21. The van der Waals surface area contributed by atoms with Gasteiger partial charge in [-0.1, -0.05) is 0 Å². The lowest BCUT2D eigenvalue weighted by atomic mass is 9.81. The number of fused-ring (bicyclic) bond motifs is 1. The number of nitrogens with zero attached hydrogens (tertiary/aromatic N) is 2. The number of hydrogen-bond donors (Lipinski definition) is 4. The van der Waals surface area contributed by atoms with E-state index in [1.165, 1.54) is 0 Å². The fourth-order valence-corrected chi connectivity index (χ4v) is 2.57. The quantitative estimate of drug-likeness (QED) is 0.454. The van der Waals surface area contributed by atoms with E-state index in [4.69, 9.17) is 22.7 Å². The van der Waals surface area contributed by atoms with E-state index in [2.05, 4.69) is 23.1 Å². The van der Waals surface area contributed by atoms with Crippen LogP contribution in [0.15, 0.2) is 16.4 Å². The number of hydrazine groups is 2. The van der Waals surface area contributed by atoms with Crippen molar-refractivity contribution < 1.29 is 0 Å². The molecule has 7 heteroatoms. The predicted molar refractivity (Wildman–Crippen MR) is 73.1 cm³/mol. The Morgan fingerprint density at radius 3 is 2.89 bits per heavy atom. The van der Waals surface area contributed by atoms with Gasteiger partial charge in [0.2, 0.25) is 0 Å². The number of hydrogen-bond acceptors (Lipinski definition) is 6. The second-order valence-electron chi connectivity index (χ2n) is 4.83. The molecule has 0 aromatic heterocycles. The van der Waals surface area contributed by atoms with Crippen LogP contribution in [0, 0.1) is 5.41 Å².